The van der Waals surface area contributed by atoms with Crippen LogP contribution in [-0.2, 0) is 11.3 Å². The Kier molecular flexibility index (Phi) is 5.72. The number of nitrogens with zero attached hydrogens (tertiary/aromatic N) is 2. The van der Waals surface area contributed by atoms with Crippen molar-refractivity contribution < 1.29 is 4.79 Å². The number of rotatable bonds is 5. The molecule has 110 valence electrons. The maximum atomic E-state index is 11.7. The summed E-state index contributed by atoms with van der Waals surface area (Å²) in [6, 6.07) is 8.57. The molecule has 1 amide bonds. The fraction of sp³-hybridized carbons (Fsp3) is 0.562. The van der Waals surface area contributed by atoms with Crippen molar-refractivity contribution in [3.8, 4) is 0 Å². The van der Waals surface area contributed by atoms with Gasteiger partial charge in [0.05, 0.1) is 0 Å². The van der Waals surface area contributed by atoms with E-state index in [1.54, 1.807) is 4.90 Å². The third-order valence-electron chi connectivity index (χ3n) is 3.81. The van der Waals surface area contributed by atoms with E-state index in [0.717, 1.165) is 18.7 Å². The van der Waals surface area contributed by atoms with Crippen LogP contribution in [0.15, 0.2) is 24.3 Å². The van der Waals surface area contributed by atoms with Gasteiger partial charge in [0, 0.05) is 44.7 Å². The molecule has 1 heterocycles. The van der Waals surface area contributed by atoms with Crippen molar-refractivity contribution in [3.63, 3.8) is 0 Å². The van der Waals surface area contributed by atoms with Gasteiger partial charge in [-0.3, -0.25) is 4.79 Å². The van der Waals surface area contributed by atoms with Crippen LogP contribution in [0.25, 0.3) is 0 Å². The molecule has 1 aliphatic heterocycles. The summed E-state index contributed by atoms with van der Waals surface area (Å²) < 4.78 is 0. The summed E-state index contributed by atoms with van der Waals surface area (Å²) in [6.07, 6.45) is 4.33. The first-order chi connectivity index (χ1) is 9.70. The van der Waals surface area contributed by atoms with Crippen LogP contribution < -0.4 is 4.90 Å². The monoisotopic (exact) mass is 294 g/mol. The summed E-state index contributed by atoms with van der Waals surface area (Å²) in [6.45, 7) is 2.97. The minimum absolute atomic E-state index is 0.0973. The Morgan fingerprint density at radius 2 is 1.85 bits per heavy atom. The predicted molar refractivity (Wildman–Crippen MR) is 84.3 cm³/mol. The molecule has 1 aromatic carbocycles. The highest BCUT2D eigenvalue weighted by Gasteiger charge is 2.11. The van der Waals surface area contributed by atoms with E-state index >= 15 is 0 Å². The molecule has 0 spiro atoms. The molecule has 2 rings (SSSR count). The van der Waals surface area contributed by atoms with Crippen LogP contribution in [0, 0.1) is 0 Å². The maximum absolute atomic E-state index is 11.7. The van der Waals surface area contributed by atoms with Gasteiger partial charge < -0.3 is 9.80 Å². The highest BCUT2D eigenvalue weighted by Crippen LogP contribution is 2.20. The SMILES string of the molecule is CN(Cc1ccc(N2CCCCC2)cc1)C(=O)CCCl. The molecule has 1 saturated heterocycles. The molecule has 0 bridgehead atoms. The van der Waals surface area contributed by atoms with Gasteiger partial charge in [0.2, 0.25) is 5.91 Å². The zero-order chi connectivity index (χ0) is 14.4. The third-order valence-corrected chi connectivity index (χ3v) is 4.00. The molecule has 0 radical (unpaired) electrons. The van der Waals surface area contributed by atoms with E-state index in [0.29, 0.717) is 18.8 Å². The second kappa shape index (κ2) is 7.53. The summed E-state index contributed by atoms with van der Waals surface area (Å²) in [5, 5.41) is 0. The second-order valence-electron chi connectivity index (χ2n) is 5.40. The molecule has 1 aromatic rings. The molecule has 1 aliphatic rings. The molecule has 0 unspecified atom stereocenters. The van der Waals surface area contributed by atoms with Crippen LogP contribution >= 0.6 is 11.6 Å². The van der Waals surface area contributed by atoms with Gasteiger partial charge in [-0.1, -0.05) is 12.1 Å². The average molecular weight is 295 g/mol. The molecular formula is C16H23ClN2O. The van der Waals surface area contributed by atoms with Crippen molar-refractivity contribution >= 4 is 23.2 Å². The van der Waals surface area contributed by atoms with E-state index in [2.05, 4.69) is 29.2 Å². The number of alkyl halides is 1. The van der Waals surface area contributed by atoms with Gasteiger partial charge in [-0.15, -0.1) is 11.6 Å². The summed E-state index contributed by atoms with van der Waals surface area (Å²) in [5.74, 6) is 0.483. The average Bonchev–Trinajstić information content (AvgIpc) is 2.49. The normalized spacial score (nSPS) is 15.2. The van der Waals surface area contributed by atoms with Gasteiger partial charge >= 0.3 is 0 Å². The topological polar surface area (TPSA) is 23.6 Å². The minimum Gasteiger partial charge on any atom is -0.372 e. The van der Waals surface area contributed by atoms with Crippen LogP contribution in [0.3, 0.4) is 0 Å². The van der Waals surface area contributed by atoms with Crippen LogP contribution in [0.4, 0.5) is 5.69 Å². The Morgan fingerprint density at radius 1 is 1.20 bits per heavy atom. The fourth-order valence-electron chi connectivity index (χ4n) is 2.60. The fourth-order valence-corrected chi connectivity index (χ4v) is 2.76. The molecule has 1 fully saturated rings. The zero-order valence-electron chi connectivity index (χ0n) is 12.1. The van der Waals surface area contributed by atoms with Crippen molar-refractivity contribution in [1.82, 2.24) is 4.90 Å². The molecule has 0 N–H and O–H groups in total. The highest BCUT2D eigenvalue weighted by molar-refractivity contribution is 6.18. The number of anilines is 1. The molecule has 20 heavy (non-hydrogen) atoms. The van der Waals surface area contributed by atoms with E-state index in [4.69, 9.17) is 11.6 Å². The molecule has 0 atom stereocenters. The molecule has 0 saturated carbocycles. The molecule has 3 nitrogen and oxygen atoms in total. The Labute approximate surface area is 126 Å². The summed E-state index contributed by atoms with van der Waals surface area (Å²) >= 11 is 5.60. The number of benzene rings is 1. The summed E-state index contributed by atoms with van der Waals surface area (Å²) in [4.78, 5) is 15.9. The number of amides is 1. The zero-order valence-corrected chi connectivity index (χ0v) is 12.9. The van der Waals surface area contributed by atoms with E-state index in [9.17, 15) is 4.79 Å². The maximum Gasteiger partial charge on any atom is 0.223 e. The van der Waals surface area contributed by atoms with E-state index < -0.39 is 0 Å². The standard InChI is InChI=1S/C16H23ClN2O/c1-18(16(20)9-10-17)13-14-5-7-15(8-6-14)19-11-3-2-4-12-19/h5-8H,2-4,9-13H2,1H3. The van der Waals surface area contributed by atoms with Crippen LogP contribution in [-0.4, -0.2) is 36.8 Å². The lowest BCUT2D eigenvalue weighted by atomic mass is 10.1. The summed E-state index contributed by atoms with van der Waals surface area (Å²) in [5.41, 5.74) is 2.46. The lowest BCUT2D eigenvalue weighted by Gasteiger charge is -2.29. The van der Waals surface area contributed by atoms with Crippen LogP contribution in [0.5, 0.6) is 0 Å². The van der Waals surface area contributed by atoms with Crippen molar-refractivity contribution in [1.29, 1.82) is 0 Å². The quantitative estimate of drug-likeness (QED) is 0.778. The Bertz CT molecular complexity index is 427. The lowest BCUT2D eigenvalue weighted by Crippen LogP contribution is -2.29. The third kappa shape index (κ3) is 4.14. The van der Waals surface area contributed by atoms with E-state index in [1.807, 2.05) is 7.05 Å². The van der Waals surface area contributed by atoms with Crippen LogP contribution in [0.1, 0.15) is 31.2 Å². The minimum atomic E-state index is 0.0973. The van der Waals surface area contributed by atoms with Gasteiger partial charge in [-0.05, 0) is 37.0 Å². The molecule has 0 aromatic heterocycles. The first-order valence-electron chi connectivity index (χ1n) is 7.34. The van der Waals surface area contributed by atoms with Crippen molar-refractivity contribution in [3.05, 3.63) is 29.8 Å². The van der Waals surface area contributed by atoms with Gasteiger partial charge in [0.15, 0.2) is 0 Å². The van der Waals surface area contributed by atoms with Gasteiger partial charge in [0.1, 0.15) is 0 Å². The number of carbonyl (C=O) groups excluding carboxylic acids is 1. The molecule has 4 heteroatoms. The Balaban J connectivity index is 1.92. The number of piperidine rings is 1. The van der Waals surface area contributed by atoms with Crippen molar-refractivity contribution in [2.75, 3.05) is 30.9 Å². The number of hydrogen-bond acceptors (Lipinski definition) is 2. The van der Waals surface area contributed by atoms with E-state index in [-0.39, 0.29) is 5.91 Å². The second-order valence-corrected chi connectivity index (χ2v) is 5.78. The highest BCUT2D eigenvalue weighted by atomic mass is 35.5. The van der Waals surface area contributed by atoms with Gasteiger partial charge in [-0.25, -0.2) is 0 Å². The Hall–Kier alpha value is -1.22. The van der Waals surface area contributed by atoms with Crippen molar-refractivity contribution in [2.45, 2.75) is 32.2 Å². The number of carbonyl (C=O) groups is 1. The number of hydrogen-bond donors (Lipinski definition) is 0. The lowest BCUT2D eigenvalue weighted by molar-refractivity contribution is -0.129. The predicted octanol–water partition coefficient (Wildman–Crippen LogP) is 3.26. The molecular weight excluding hydrogens is 272 g/mol. The smallest absolute Gasteiger partial charge is 0.223 e. The van der Waals surface area contributed by atoms with Crippen molar-refractivity contribution in [2.24, 2.45) is 0 Å². The summed E-state index contributed by atoms with van der Waals surface area (Å²) in [7, 11) is 1.83. The van der Waals surface area contributed by atoms with Gasteiger partial charge in [0.25, 0.3) is 0 Å². The van der Waals surface area contributed by atoms with Crippen LogP contribution in [0.2, 0.25) is 0 Å². The van der Waals surface area contributed by atoms with Gasteiger partial charge in [-0.2, -0.15) is 0 Å². The number of halogens is 1. The first kappa shape index (κ1) is 15.2. The molecule has 0 aliphatic carbocycles. The largest absolute Gasteiger partial charge is 0.372 e. The van der Waals surface area contributed by atoms with E-state index in [1.165, 1.54) is 24.9 Å². The first-order valence-corrected chi connectivity index (χ1v) is 7.88. The Morgan fingerprint density at radius 3 is 2.45 bits per heavy atom.